The number of aliphatic carboxylic acids is 1. The average Bonchev–Trinajstić information content (AvgIpc) is 3.69. The van der Waals surface area contributed by atoms with E-state index in [0.717, 1.165) is 43.3 Å². The first kappa shape index (κ1) is 69.9. The number of halogens is 4. The van der Waals surface area contributed by atoms with Gasteiger partial charge in [0.2, 0.25) is 47.3 Å². The Morgan fingerprint density at radius 3 is 1.99 bits per heavy atom. The van der Waals surface area contributed by atoms with Gasteiger partial charge in [-0.05, 0) is 94.9 Å². The third-order valence-electron chi connectivity index (χ3n) is 14.2. The molecular weight excluding hydrogens is 1220 g/mol. The summed E-state index contributed by atoms with van der Waals surface area (Å²) in [4.78, 5) is 132. The lowest BCUT2D eigenvalue weighted by Crippen LogP contribution is -2.63. The zero-order chi connectivity index (χ0) is 65.0. The van der Waals surface area contributed by atoms with Crippen molar-refractivity contribution in [1.82, 2.24) is 47.2 Å². The van der Waals surface area contributed by atoms with Crippen molar-refractivity contribution in [3.63, 3.8) is 0 Å². The number of benzene rings is 4. The molecule has 89 heavy (non-hydrogen) atoms. The topological polar surface area (TPSA) is 365 Å². The number of amides is 8. The van der Waals surface area contributed by atoms with Crippen molar-refractivity contribution in [2.45, 2.75) is 120 Å². The first-order valence-corrected chi connectivity index (χ1v) is 31.1. The van der Waals surface area contributed by atoms with Crippen molar-refractivity contribution in [2.75, 3.05) is 18.1 Å². The fourth-order valence-electron chi connectivity index (χ4n) is 9.39. The Morgan fingerprint density at radius 1 is 0.719 bits per heavy atom. The van der Waals surface area contributed by atoms with Crippen LogP contribution in [0.2, 0.25) is 5.02 Å². The first-order chi connectivity index (χ1) is 42.2. The van der Waals surface area contributed by atoms with Crippen LogP contribution >= 0.6 is 33.2 Å². The van der Waals surface area contributed by atoms with Crippen LogP contribution in [0.1, 0.15) is 62.3 Å². The molecular formula is C61H72ClF3N12O10S2. The Hall–Kier alpha value is -8.24. The summed E-state index contributed by atoms with van der Waals surface area (Å²) in [5.74, 6) is -9.18. The molecule has 0 spiro atoms. The van der Waals surface area contributed by atoms with Crippen LogP contribution in [0.5, 0.6) is 0 Å². The molecule has 3 heterocycles. The van der Waals surface area contributed by atoms with Crippen LogP contribution in [0.15, 0.2) is 122 Å². The number of primary amides is 1. The van der Waals surface area contributed by atoms with E-state index in [1.807, 2.05) is 66.7 Å². The second-order valence-corrected chi connectivity index (χ2v) is 25.2. The highest BCUT2D eigenvalue weighted by Gasteiger charge is 2.40. The minimum Gasteiger partial charge on any atom is -0.475 e. The maximum atomic E-state index is 14.9. The number of aromatic nitrogens is 2. The lowest BCUT2D eigenvalue weighted by atomic mass is 9.85. The van der Waals surface area contributed by atoms with E-state index in [9.17, 15) is 51.5 Å². The van der Waals surface area contributed by atoms with Crippen molar-refractivity contribution >= 4 is 108 Å². The van der Waals surface area contributed by atoms with Gasteiger partial charge in [0.05, 0.1) is 6.04 Å². The Kier molecular flexibility index (Phi) is 25.8. The van der Waals surface area contributed by atoms with E-state index < -0.39 is 113 Å². The molecule has 1 saturated heterocycles. The number of pyridine rings is 1. The second kappa shape index (κ2) is 32.8. The molecule has 0 saturated carbocycles. The number of alkyl halides is 3. The number of nitrogens with zero attached hydrogens (tertiary/aromatic N) is 1. The zero-order valence-corrected chi connectivity index (χ0v) is 51.3. The monoisotopic (exact) mass is 1290 g/mol. The Morgan fingerprint density at radius 2 is 1.34 bits per heavy atom. The smallest absolute Gasteiger partial charge is 0.475 e. The number of hydrogen-bond donors (Lipinski definition) is 12. The highest BCUT2D eigenvalue weighted by Crippen LogP contribution is 2.26. The fraction of sp³-hybridized carbons (Fsp3) is 0.377. The first-order valence-electron chi connectivity index (χ1n) is 28.3. The van der Waals surface area contributed by atoms with Gasteiger partial charge in [0.15, 0.2) is 0 Å². The second-order valence-electron chi connectivity index (χ2n) is 22.2. The predicted octanol–water partition coefficient (Wildman–Crippen LogP) is 4.05. The third-order valence-corrected chi connectivity index (χ3v) is 16.9. The minimum atomic E-state index is -5.08. The van der Waals surface area contributed by atoms with E-state index in [2.05, 4.69) is 47.2 Å². The summed E-state index contributed by atoms with van der Waals surface area (Å²) in [5, 5.41) is 30.0. The van der Waals surface area contributed by atoms with E-state index in [-0.39, 0.29) is 50.2 Å². The number of para-hydroxylation sites is 1. The van der Waals surface area contributed by atoms with Crippen LogP contribution in [-0.4, -0.2) is 141 Å². The lowest BCUT2D eigenvalue weighted by Gasteiger charge is -2.33. The molecule has 8 amide bonds. The summed E-state index contributed by atoms with van der Waals surface area (Å²) < 4.78 is 31.7. The number of fused-ring (bicyclic) bond motifs is 2. The number of carboxylic acid groups (broad SMARTS) is 1. The molecule has 28 heteroatoms. The standard InChI is InChI=1S/C59H71ClN12O8S2.C2HF3O2/c1-59(2,3)50-58(80)71-49(56(78)67-45(51(63)73)27-35-17-20-37-12-4-5-13-38(37)25-35)33-82-81-32-48(70-52(74)42(62)26-34-18-21-40(60)22-19-34)57(79)68-46(28-36-11-10-24-64-30-36)54(76)69-47(29-39-31-65-43-15-7-6-14-41(39)43)55(77)66-44(53(75)72-50)16-8-9-23-61;3-2(4,5)1(6)7/h4-7,10-15,17-22,24-25,30-31,42,44-50,65H,8-9,16,23,26-29,32-33,61-62H2,1-3H3,(H2,63,73)(H,66,77)(H,67,78)(H,68,79)(H,69,76)(H,70,74)(H,71,80)(H,72,75);(H,6,7)/t42-,44-,45-,46-,47+,48+,49-,50+;/m0./s1. The van der Waals surface area contributed by atoms with Gasteiger partial charge in [0, 0.05) is 65.3 Å². The number of aromatic amines is 1. The number of H-pyrrole nitrogens is 1. The van der Waals surface area contributed by atoms with Gasteiger partial charge in [-0.1, -0.05) is 133 Å². The number of unbranched alkanes of at least 4 members (excludes halogenated alkanes) is 1. The van der Waals surface area contributed by atoms with Crippen molar-refractivity contribution in [2.24, 2.45) is 22.6 Å². The number of nitrogens with two attached hydrogens (primary N) is 3. The maximum Gasteiger partial charge on any atom is 0.490 e. The van der Waals surface area contributed by atoms with Crippen LogP contribution in [0.25, 0.3) is 21.7 Å². The van der Waals surface area contributed by atoms with E-state index in [4.69, 9.17) is 38.7 Å². The molecule has 8 atom stereocenters. The largest absolute Gasteiger partial charge is 0.490 e. The quantitative estimate of drug-likeness (QED) is 0.0453. The van der Waals surface area contributed by atoms with Crippen molar-refractivity contribution < 1.29 is 61.4 Å². The molecule has 7 rings (SSSR count). The summed E-state index contributed by atoms with van der Waals surface area (Å²) in [6.45, 7) is 5.46. The third kappa shape index (κ3) is 21.5. The van der Waals surface area contributed by atoms with Crippen molar-refractivity contribution in [1.29, 1.82) is 0 Å². The molecule has 22 nitrogen and oxygen atoms in total. The molecule has 1 aliphatic rings. The molecule has 0 aliphatic carbocycles. The zero-order valence-electron chi connectivity index (χ0n) is 48.9. The van der Waals surface area contributed by atoms with E-state index in [1.54, 1.807) is 69.6 Å². The van der Waals surface area contributed by atoms with Gasteiger partial charge in [0.25, 0.3) is 0 Å². The number of carbonyl (C=O) groups is 9. The van der Waals surface area contributed by atoms with Gasteiger partial charge in [-0.3, -0.25) is 43.3 Å². The predicted molar refractivity (Wildman–Crippen MR) is 334 cm³/mol. The molecule has 6 aromatic rings. The van der Waals surface area contributed by atoms with E-state index in [0.29, 0.717) is 40.1 Å². The molecule has 4 aromatic carbocycles. The number of carboxylic acids is 1. The maximum absolute atomic E-state index is 14.9. The highest BCUT2D eigenvalue weighted by molar-refractivity contribution is 8.76. The minimum absolute atomic E-state index is 0.0193. The van der Waals surface area contributed by atoms with E-state index >= 15 is 0 Å². The summed E-state index contributed by atoms with van der Waals surface area (Å²) in [7, 11) is 2.14. The van der Waals surface area contributed by atoms with Crippen molar-refractivity contribution in [3.8, 4) is 0 Å². The van der Waals surface area contributed by atoms with Crippen LogP contribution in [0, 0.1) is 5.41 Å². The number of rotatable bonds is 17. The average molecular weight is 1290 g/mol. The van der Waals surface area contributed by atoms with Crippen molar-refractivity contribution in [3.05, 3.63) is 149 Å². The number of carbonyl (C=O) groups excluding carboxylic acids is 8. The van der Waals surface area contributed by atoms with Crippen LogP contribution < -0.4 is 54.4 Å². The summed E-state index contributed by atoms with van der Waals surface area (Å²) in [6, 6.07) is 20.4. The summed E-state index contributed by atoms with van der Waals surface area (Å²) in [5.41, 5.74) is 20.7. The highest BCUT2D eigenvalue weighted by atomic mass is 35.5. The lowest BCUT2D eigenvalue weighted by molar-refractivity contribution is -0.192. The van der Waals surface area contributed by atoms with Gasteiger partial charge in [-0.2, -0.15) is 13.2 Å². The normalized spacial score (nSPS) is 20.0. The molecule has 0 bridgehead atoms. The van der Waals surface area contributed by atoms with Gasteiger partial charge in [-0.25, -0.2) is 4.79 Å². The molecule has 2 aromatic heterocycles. The Bertz CT molecular complexity index is 3450. The van der Waals surface area contributed by atoms with E-state index in [1.165, 1.54) is 6.20 Å². The Balaban J connectivity index is 0.00000170. The van der Waals surface area contributed by atoms with Gasteiger partial charge in [0.1, 0.15) is 42.3 Å². The van der Waals surface area contributed by atoms with Crippen LogP contribution in [0.3, 0.4) is 0 Å². The van der Waals surface area contributed by atoms with Gasteiger partial charge >= 0.3 is 12.1 Å². The summed E-state index contributed by atoms with van der Waals surface area (Å²) in [6.07, 6.45) is 0.617. The SMILES string of the molecule is CC(C)(C)[C@@H]1NC(=O)[C@H](CCCCN)NC(=O)[C@@H](Cc2c[nH]c3ccccc23)NC(=O)[C@H](Cc2cccnc2)NC(=O)[C@H](NC(=O)[C@@H](N)Cc2ccc(Cl)cc2)CSSC[C@@H](C(=O)N[C@@H](Cc2ccc3ccccc3c2)C(N)=O)NC1=O.O=C(O)C(F)(F)F. The van der Waals surface area contributed by atoms with Gasteiger partial charge < -0.3 is 64.5 Å². The van der Waals surface area contributed by atoms with Crippen LogP contribution in [-0.2, 0) is 68.8 Å². The number of hydrogen-bond acceptors (Lipinski definition) is 14. The fourth-order valence-corrected chi connectivity index (χ4v) is 11.8. The molecule has 1 fully saturated rings. The van der Waals surface area contributed by atoms with Crippen LogP contribution in [0.4, 0.5) is 13.2 Å². The van der Waals surface area contributed by atoms with Gasteiger partial charge in [-0.15, -0.1) is 0 Å². The molecule has 0 radical (unpaired) electrons. The Labute approximate surface area is 524 Å². The molecule has 1 aliphatic heterocycles. The number of nitrogens with one attached hydrogen (secondary N) is 8. The summed E-state index contributed by atoms with van der Waals surface area (Å²) >= 11 is 6.12. The molecule has 0 unspecified atom stereocenters. The molecule has 15 N–H and O–H groups in total. The molecule has 476 valence electrons.